The molecule has 0 aliphatic rings. The van der Waals surface area contributed by atoms with Crippen molar-refractivity contribution in [2.45, 2.75) is 31.9 Å². The van der Waals surface area contributed by atoms with E-state index in [-0.39, 0.29) is 24.3 Å². The minimum atomic E-state index is -3.57. The Balaban J connectivity index is 1.94. The second-order valence-corrected chi connectivity index (χ2v) is 9.57. The number of nitrogens with one attached hydrogen (secondary N) is 1. The van der Waals surface area contributed by atoms with Crippen molar-refractivity contribution in [2.75, 3.05) is 13.2 Å². The van der Waals surface area contributed by atoms with Crippen LogP contribution in [-0.2, 0) is 21.2 Å². The standard InChI is InChI=1S/C19H23Cl2NO3S/c1-19(2,3)15-7-4-5-10-18(15)25-12-11-22-26(23,24)13-14-16(20)8-6-9-17(14)21/h4-10,22H,11-13H2,1-3H3. The Morgan fingerprint density at radius 2 is 1.62 bits per heavy atom. The lowest BCUT2D eigenvalue weighted by Crippen LogP contribution is -2.29. The Bertz CT molecular complexity index is 841. The number of sulfonamides is 1. The maximum Gasteiger partial charge on any atom is 0.216 e. The van der Waals surface area contributed by atoms with Gasteiger partial charge in [-0.15, -0.1) is 0 Å². The highest BCUT2D eigenvalue weighted by molar-refractivity contribution is 7.88. The fourth-order valence-corrected chi connectivity index (χ4v) is 4.36. The van der Waals surface area contributed by atoms with E-state index in [9.17, 15) is 8.42 Å². The lowest BCUT2D eigenvalue weighted by Gasteiger charge is -2.22. The molecule has 142 valence electrons. The Morgan fingerprint density at radius 3 is 2.23 bits per heavy atom. The predicted octanol–water partition coefficient (Wildman–Crippen LogP) is 4.79. The highest BCUT2D eigenvalue weighted by Crippen LogP contribution is 2.31. The molecular formula is C19H23Cl2NO3S. The summed E-state index contributed by atoms with van der Waals surface area (Å²) in [5, 5.41) is 0.663. The van der Waals surface area contributed by atoms with Crippen LogP contribution in [0.15, 0.2) is 42.5 Å². The van der Waals surface area contributed by atoms with Gasteiger partial charge in [-0.05, 0) is 29.2 Å². The number of benzene rings is 2. The smallest absolute Gasteiger partial charge is 0.216 e. The highest BCUT2D eigenvalue weighted by Gasteiger charge is 2.19. The van der Waals surface area contributed by atoms with E-state index in [1.165, 1.54) is 0 Å². The number of para-hydroxylation sites is 1. The number of halogens is 2. The number of hydrogen-bond donors (Lipinski definition) is 1. The number of ether oxygens (including phenoxy) is 1. The predicted molar refractivity (Wildman–Crippen MR) is 108 cm³/mol. The topological polar surface area (TPSA) is 55.4 Å². The van der Waals surface area contributed by atoms with Gasteiger partial charge in [-0.1, -0.05) is 68.2 Å². The van der Waals surface area contributed by atoms with Crippen LogP contribution in [0, 0.1) is 0 Å². The molecular weight excluding hydrogens is 393 g/mol. The lowest BCUT2D eigenvalue weighted by atomic mass is 9.86. The lowest BCUT2D eigenvalue weighted by molar-refractivity contribution is 0.314. The summed E-state index contributed by atoms with van der Waals surface area (Å²) in [6.07, 6.45) is 0. The minimum absolute atomic E-state index is 0.0586. The molecule has 0 atom stereocenters. The molecule has 1 N–H and O–H groups in total. The van der Waals surface area contributed by atoms with E-state index in [0.29, 0.717) is 15.6 Å². The van der Waals surface area contributed by atoms with E-state index >= 15 is 0 Å². The molecule has 4 nitrogen and oxygen atoms in total. The van der Waals surface area contributed by atoms with Crippen LogP contribution in [0.4, 0.5) is 0 Å². The Morgan fingerprint density at radius 1 is 1.00 bits per heavy atom. The summed E-state index contributed by atoms with van der Waals surface area (Å²) >= 11 is 12.1. The van der Waals surface area contributed by atoms with E-state index in [0.717, 1.165) is 11.3 Å². The highest BCUT2D eigenvalue weighted by atomic mass is 35.5. The third kappa shape index (κ3) is 5.88. The monoisotopic (exact) mass is 415 g/mol. The van der Waals surface area contributed by atoms with Gasteiger partial charge in [0.1, 0.15) is 12.4 Å². The van der Waals surface area contributed by atoms with Gasteiger partial charge in [0, 0.05) is 22.2 Å². The quantitative estimate of drug-likeness (QED) is 0.661. The van der Waals surface area contributed by atoms with Gasteiger partial charge in [-0.2, -0.15) is 0 Å². The van der Waals surface area contributed by atoms with Crippen molar-refractivity contribution in [1.29, 1.82) is 0 Å². The van der Waals surface area contributed by atoms with E-state index in [2.05, 4.69) is 25.5 Å². The normalized spacial score (nSPS) is 12.2. The Labute approximate surface area is 165 Å². The zero-order chi connectivity index (χ0) is 19.4. The molecule has 0 aliphatic carbocycles. The molecule has 0 heterocycles. The van der Waals surface area contributed by atoms with Crippen LogP contribution >= 0.6 is 23.2 Å². The molecule has 2 rings (SSSR count). The van der Waals surface area contributed by atoms with Crippen LogP contribution in [0.1, 0.15) is 31.9 Å². The molecule has 0 fully saturated rings. The molecule has 2 aromatic rings. The maximum absolute atomic E-state index is 12.3. The summed E-state index contributed by atoms with van der Waals surface area (Å²) in [5.74, 6) is 0.484. The first kappa shape index (κ1) is 21.0. The molecule has 0 spiro atoms. The van der Waals surface area contributed by atoms with Crippen molar-refractivity contribution >= 4 is 33.2 Å². The fraction of sp³-hybridized carbons (Fsp3) is 0.368. The van der Waals surface area contributed by atoms with E-state index < -0.39 is 10.0 Å². The SMILES string of the molecule is CC(C)(C)c1ccccc1OCCNS(=O)(=O)Cc1c(Cl)cccc1Cl. The molecule has 2 aromatic carbocycles. The van der Waals surface area contributed by atoms with Crippen molar-refractivity contribution in [2.24, 2.45) is 0 Å². The molecule has 26 heavy (non-hydrogen) atoms. The third-order valence-corrected chi connectivity index (χ3v) is 5.79. The van der Waals surface area contributed by atoms with Crippen LogP contribution in [0.25, 0.3) is 0 Å². The second-order valence-electron chi connectivity index (χ2n) is 6.95. The zero-order valence-corrected chi connectivity index (χ0v) is 17.4. The summed E-state index contributed by atoms with van der Waals surface area (Å²) in [4.78, 5) is 0. The summed E-state index contributed by atoms with van der Waals surface area (Å²) in [6, 6.07) is 12.7. The molecule has 0 amide bonds. The van der Waals surface area contributed by atoms with Gasteiger partial charge in [0.15, 0.2) is 0 Å². The van der Waals surface area contributed by atoms with Crippen molar-refractivity contribution in [3.05, 3.63) is 63.6 Å². The summed E-state index contributed by atoms with van der Waals surface area (Å²) in [5.41, 5.74) is 1.41. The van der Waals surface area contributed by atoms with Gasteiger partial charge in [0.25, 0.3) is 0 Å². The van der Waals surface area contributed by atoms with Gasteiger partial charge >= 0.3 is 0 Å². The van der Waals surface area contributed by atoms with Crippen molar-refractivity contribution < 1.29 is 13.2 Å². The largest absolute Gasteiger partial charge is 0.492 e. The molecule has 0 aliphatic heterocycles. The van der Waals surface area contributed by atoms with Gasteiger partial charge < -0.3 is 4.74 Å². The molecule has 0 saturated carbocycles. The average Bonchev–Trinajstić information content (AvgIpc) is 2.55. The fourth-order valence-electron chi connectivity index (χ4n) is 2.48. The first-order valence-electron chi connectivity index (χ1n) is 8.23. The molecule has 0 bridgehead atoms. The van der Waals surface area contributed by atoms with Crippen LogP contribution < -0.4 is 9.46 Å². The first-order valence-corrected chi connectivity index (χ1v) is 10.6. The average molecular weight is 416 g/mol. The van der Waals surface area contributed by atoms with Crippen LogP contribution in [0.2, 0.25) is 10.0 Å². The van der Waals surface area contributed by atoms with Gasteiger partial charge in [-0.3, -0.25) is 0 Å². The summed E-state index contributed by atoms with van der Waals surface area (Å²) in [6.45, 7) is 6.69. The summed E-state index contributed by atoms with van der Waals surface area (Å²) < 4.78 is 32.8. The Kier molecular flexibility index (Phi) is 6.97. The van der Waals surface area contributed by atoms with Crippen LogP contribution in [-0.4, -0.2) is 21.6 Å². The zero-order valence-electron chi connectivity index (χ0n) is 15.1. The van der Waals surface area contributed by atoms with Crippen molar-refractivity contribution in [3.63, 3.8) is 0 Å². The van der Waals surface area contributed by atoms with Gasteiger partial charge in [-0.25, -0.2) is 13.1 Å². The Hall–Kier alpha value is -1.27. The van der Waals surface area contributed by atoms with E-state index in [1.54, 1.807) is 18.2 Å². The number of rotatable bonds is 7. The third-order valence-electron chi connectivity index (χ3n) is 3.77. The summed E-state index contributed by atoms with van der Waals surface area (Å²) in [7, 11) is -3.57. The first-order chi connectivity index (χ1) is 12.1. The molecule has 0 aromatic heterocycles. The number of hydrogen-bond acceptors (Lipinski definition) is 3. The maximum atomic E-state index is 12.3. The van der Waals surface area contributed by atoms with E-state index in [1.807, 2.05) is 24.3 Å². The minimum Gasteiger partial charge on any atom is -0.492 e. The second kappa shape index (κ2) is 8.61. The van der Waals surface area contributed by atoms with Gasteiger partial charge in [0.05, 0.1) is 5.75 Å². The van der Waals surface area contributed by atoms with Crippen LogP contribution in [0.5, 0.6) is 5.75 Å². The van der Waals surface area contributed by atoms with Gasteiger partial charge in [0.2, 0.25) is 10.0 Å². The van der Waals surface area contributed by atoms with Crippen molar-refractivity contribution in [3.8, 4) is 5.75 Å². The molecule has 0 radical (unpaired) electrons. The van der Waals surface area contributed by atoms with Crippen molar-refractivity contribution in [1.82, 2.24) is 4.72 Å². The van der Waals surface area contributed by atoms with Crippen LogP contribution in [0.3, 0.4) is 0 Å². The molecule has 0 saturated heterocycles. The van der Waals surface area contributed by atoms with E-state index in [4.69, 9.17) is 27.9 Å². The molecule has 0 unspecified atom stereocenters. The molecule has 7 heteroatoms.